The number of hydrogen-bond donors (Lipinski definition) is 1. The van der Waals surface area contributed by atoms with E-state index >= 15 is 0 Å². The van der Waals surface area contributed by atoms with Crippen molar-refractivity contribution in [2.45, 2.75) is 39.3 Å². The Labute approximate surface area is 106 Å². The first-order valence-electron chi connectivity index (χ1n) is 6.17. The Morgan fingerprint density at radius 2 is 2.29 bits per heavy atom. The molecule has 2 heterocycles. The number of nitrogens with one attached hydrogen (secondary N) is 1. The Morgan fingerprint density at radius 1 is 1.35 bits per heavy atom. The Morgan fingerprint density at radius 3 is 3.06 bits per heavy atom. The van der Waals surface area contributed by atoms with E-state index in [1.807, 2.05) is 17.4 Å². The minimum Gasteiger partial charge on any atom is -0.468 e. The van der Waals surface area contributed by atoms with Gasteiger partial charge in [-0.25, -0.2) is 0 Å². The van der Waals surface area contributed by atoms with Crippen molar-refractivity contribution in [3.8, 4) is 0 Å². The molecule has 0 saturated heterocycles. The Hall–Kier alpha value is -1.06. The van der Waals surface area contributed by atoms with Crippen LogP contribution in [0.15, 0.2) is 22.8 Å². The maximum atomic E-state index is 5.40. The van der Waals surface area contributed by atoms with Crippen molar-refractivity contribution in [3.63, 3.8) is 0 Å². The average molecular weight is 247 g/mol. The molecule has 17 heavy (non-hydrogen) atoms. The highest BCUT2D eigenvalue weighted by Crippen LogP contribution is 2.30. The molecule has 2 aromatic heterocycles. The van der Waals surface area contributed by atoms with Crippen LogP contribution in [0.1, 0.15) is 33.1 Å². The quantitative estimate of drug-likeness (QED) is 0.895. The summed E-state index contributed by atoms with van der Waals surface area (Å²) in [6.07, 6.45) is 5.67. The second-order valence-electron chi connectivity index (χ2n) is 4.65. The lowest BCUT2D eigenvalue weighted by atomic mass is 10.2. The molecule has 1 aliphatic carbocycles. The van der Waals surface area contributed by atoms with Crippen molar-refractivity contribution in [2.75, 3.05) is 0 Å². The normalized spacial score (nSPS) is 14.2. The summed E-state index contributed by atoms with van der Waals surface area (Å²) in [5.41, 5.74) is 2.81. The van der Waals surface area contributed by atoms with Gasteiger partial charge < -0.3 is 9.73 Å². The van der Waals surface area contributed by atoms with Gasteiger partial charge in [-0.05, 0) is 49.4 Å². The van der Waals surface area contributed by atoms with E-state index in [2.05, 4.69) is 18.3 Å². The zero-order valence-corrected chi connectivity index (χ0v) is 10.9. The number of rotatable bonds is 4. The van der Waals surface area contributed by atoms with E-state index in [9.17, 15) is 0 Å². The molecule has 2 nitrogen and oxygen atoms in total. The van der Waals surface area contributed by atoms with Crippen molar-refractivity contribution >= 4 is 11.3 Å². The fourth-order valence-electron chi connectivity index (χ4n) is 2.36. The van der Waals surface area contributed by atoms with Gasteiger partial charge in [0, 0.05) is 16.3 Å². The van der Waals surface area contributed by atoms with Crippen molar-refractivity contribution in [2.24, 2.45) is 0 Å². The lowest BCUT2D eigenvalue weighted by molar-refractivity contribution is 0.481. The number of fused-ring (bicyclic) bond motifs is 1. The van der Waals surface area contributed by atoms with Crippen LogP contribution < -0.4 is 5.32 Å². The molecule has 1 N–H and O–H groups in total. The molecular weight excluding hydrogens is 230 g/mol. The molecule has 0 saturated carbocycles. The number of thiophene rings is 1. The molecule has 2 aromatic rings. The van der Waals surface area contributed by atoms with Crippen molar-refractivity contribution in [1.82, 2.24) is 5.32 Å². The topological polar surface area (TPSA) is 25.2 Å². The summed E-state index contributed by atoms with van der Waals surface area (Å²) >= 11 is 1.97. The standard InChI is InChI=1S/C14H17NOS/c1-10-5-6-16-13(10)9-15-8-12-7-11-3-2-4-14(11)17-12/h5-7,15H,2-4,8-9H2,1H3. The van der Waals surface area contributed by atoms with Gasteiger partial charge in [-0.2, -0.15) is 0 Å². The number of furan rings is 1. The van der Waals surface area contributed by atoms with E-state index in [-0.39, 0.29) is 0 Å². The van der Waals surface area contributed by atoms with Gasteiger partial charge in [-0.1, -0.05) is 0 Å². The maximum absolute atomic E-state index is 5.40. The minimum atomic E-state index is 0.821. The van der Waals surface area contributed by atoms with Crippen LogP contribution in [0.2, 0.25) is 0 Å². The Kier molecular flexibility index (Phi) is 3.04. The van der Waals surface area contributed by atoms with Crippen LogP contribution in [-0.4, -0.2) is 0 Å². The van der Waals surface area contributed by atoms with Crippen LogP contribution >= 0.6 is 11.3 Å². The monoisotopic (exact) mass is 247 g/mol. The molecular formula is C14H17NOS. The Bertz CT molecular complexity index is 491. The average Bonchev–Trinajstić information content (AvgIpc) is 2.95. The minimum absolute atomic E-state index is 0.821. The highest BCUT2D eigenvalue weighted by atomic mass is 32.1. The van der Waals surface area contributed by atoms with Gasteiger partial charge in [0.25, 0.3) is 0 Å². The molecule has 3 rings (SSSR count). The largest absolute Gasteiger partial charge is 0.468 e. The fourth-order valence-corrected chi connectivity index (χ4v) is 3.59. The first kappa shape index (κ1) is 11.1. The predicted molar refractivity (Wildman–Crippen MR) is 70.3 cm³/mol. The van der Waals surface area contributed by atoms with Crippen molar-refractivity contribution in [1.29, 1.82) is 0 Å². The van der Waals surface area contributed by atoms with Crippen molar-refractivity contribution in [3.05, 3.63) is 45.0 Å². The third-order valence-electron chi connectivity index (χ3n) is 3.35. The van der Waals surface area contributed by atoms with Gasteiger partial charge in [-0.15, -0.1) is 11.3 Å². The lowest BCUT2D eigenvalue weighted by Crippen LogP contribution is -2.11. The SMILES string of the molecule is Cc1ccoc1CNCc1cc2c(s1)CCC2. The molecule has 0 aliphatic heterocycles. The second-order valence-corrected chi connectivity index (χ2v) is 5.87. The molecule has 0 spiro atoms. The van der Waals surface area contributed by atoms with E-state index < -0.39 is 0 Å². The van der Waals surface area contributed by atoms with Gasteiger partial charge in [0.05, 0.1) is 12.8 Å². The van der Waals surface area contributed by atoms with Gasteiger partial charge in [0.15, 0.2) is 0 Å². The van der Waals surface area contributed by atoms with Gasteiger partial charge in [-0.3, -0.25) is 0 Å². The van der Waals surface area contributed by atoms with E-state index in [4.69, 9.17) is 4.42 Å². The fraction of sp³-hybridized carbons (Fsp3) is 0.429. The molecule has 0 fully saturated rings. The maximum Gasteiger partial charge on any atom is 0.120 e. The third-order valence-corrected chi connectivity index (χ3v) is 4.59. The van der Waals surface area contributed by atoms with Crippen molar-refractivity contribution < 1.29 is 4.42 Å². The van der Waals surface area contributed by atoms with Gasteiger partial charge in [0.2, 0.25) is 0 Å². The summed E-state index contributed by atoms with van der Waals surface area (Å²) in [6.45, 7) is 3.86. The molecule has 0 bridgehead atoms. The summed E-state index contributed by atoms with van der Waals surface area (Å²) in [5.74, 6) is 1.05. The summed E-state index contributed by atoms with van der Waals surface area (Å²) in [4.78, 5) is 3.06. The van der Waals surface area contributed by atoms with Crippen LogP contribution in [0.3, 0.4) is 0 Å². The summed E-state index contributed by atoms with van der Waals surface area (Å²) in [6, 6.07) is 4.38. The highest BCUT2D eigenvalue weighted by Gasteiger charge is 2.14. The molecule has 0 radical (unpaired) electrons. The van der Waals surface area contributed by atoms with Crippen LogP contribution in [-0.2, 0) is 25.9 Å². The number of aryl methyl sites for hydroxylation is 3. The zero-order valence-electron chi connectivity index (χ0n) is 10.1. The van der Waals surface area contributed by atoms with E-state index in [0.29, 0.717) is 0 Å². The summed E-state index contributed by atoms with van der Waals surface area (Å²) in [7, 11) is 0. The smallest absolute Gasteiger partial charge is 0.120 e. The van der Waals surface area contributed by atoms with Crippen LogP contribution in [0.25, 0.3) is 0 Å². The lowest BCUT2D eigenvalue weighted by Gasteiger charge is -2.01. The van der Waals surface area contributed by atoms with Crippen LogP contribution in [0, 0.1) is 6.92 Å². The van der Waals surface area contributed by atoms with Gasteiger partial charge >= 0.3 is 0 Å². The molecule has 0 amide bonds. The first-order chi connectivity index (χ1) is 8.33. The first-order valence-corrected chi connectivity index (χ1v) is 6.99. The molecule has 3 heteroatoms. The second kappa shape index (κ2) is 4.67. The van der Waals surface area contributed by atoms with E-state index in [0.717, 1.165) is 18.8 Å². The summed E-state index contributed by atoms with van der Waals surface area (Å²) in [5, 5.41) is 3.45. The molecule has 0 aromatic carbocycles. The van der Waals surface area contributed by atoms with Crippen LogP contribution in [0.4, 0.5) is 0 Å². The molecule has 0 atom stereocenters. The molecule has 90 valence electrons. The number of hydrogen-bond acceptors (Lipinski definition) is 3. The van der Waals surface area contributed by atoms with Gasteiger partial charge in [0.1, 0.15) is 5.76 Å². The predicted octanol–water partition coefficient (Wildman–Crippen LogP) is 3.43. The van der Waals surface area contributed by atoms with E-state index in [1.54, 1.807) is 16.7 Å². The highest BCUT2D eigenvalue weighted by molar-refractivity contribution is 7.12. The zero-order chi connectivity index (χ0) is 11.7. The Balaban J connectivity index is 1.56. The molecule has 1 aliphatic rings. The summed E-state index contributed by atoms with van der Waals surface area (Å²) < 4.78 is 5.40. The third kappa shape index (κ3) is 2.31. The van der Waals surface area contributed by atoms with E-state index in [1.165, 1.54) is 29.7 Å². The molecule has 0 unspecified atom stereocenters. The van der Waals surface area contributed by atoms with Crippen LogP contribution in [0.5, 0.6) is 0 Å².